The van der Waals surface area contributed by atoms with Crippen molar-refractivity contribution < 1.29 is 19.3 Å². The van der Waals surface area contributed by atoms with Gasteiger partial charge in [-0.1, -0.05) is 0 Å². The molecule has 0 bridgehead atoms. The number of hydrogen-bond donors (Lipinski definition) is 1. The van der Waals surface area contributed by atoms with Crippen LogP contribution in [0.25, 0.3) is 0 Å². The van der Waals surface area contributed by atoms with Gasteiger partial charge in [-0.05, 0) is 32.0 Å². The second-order valence-electron chi connectivity index (χ2n) is 6.72. The van der Waals surface area contributed by atoms with Crippen LogP contribution in [0, 0.1) is 13.8 Å². The molecule has 0 unspecified atom stereocenters. The van der Waals surface area contributed by atoms with E-state index in [-0.39, 0.29) is 13.4 Å². The fraction of sp³-hybridized carbons (Fsp3) is 0.500. The Balaban J connectivity index is 1.22. The molecule has 0 aliphatic carbocycles. The number of β-amino-alcohol motifs (C(OH)–C–C–N with tert-alkyl or cyclic N) is 1. The van der Waals surface area contributed by atoms with E-state index in [1.807, 2.05) is 19.1 Å². The van der Waals surface area contributed by atoms with E-state index in [0.29, 0.717) is 24.1 Å². The number of nitrogens with zero attached hydrogens (tertiary/aromatic N) is 3. The quantitative estimate of drug-likeness (QED) is 0.856. The van der Waals surface area contributed by atoms with Crippen LogP contribution in [0.3, 0.4) is 0 Å². The Morgan fingerprint density at radius 2 is 2.04 bits per heavy atom. The van der Waals surface area contributed by atoms with Gasteiger partial charge < -0.3 is 19.3 Å². The van der Waals surface area contributed by atoms with Crippen molar-refractivity contribution in [2.45, 2.75) is 26.0 Å². The highest BCUT2D eigenvalue weighted by Crippen LogP contribution is 2.35. The highest BCUT2D eigenvalue weighted by Gasteiger charge is 2.31. The van der Waals surface area contributed by atoms with Gasteiger partial charge in [0.1, 0.15) is 18.5 Å². The Hall–Kier alpha value is -2.25. The number of ether oxygens (including phenoxy) is 3. The second kappa shape index (κ2) is 6.57. The van der Waals surface area contributed by atoms with Gasteiger partial charge in [0.25, 0.3) is 0 Å². The van der Waals surface area contributed by atoms with E-state index in [1.165, 1.54) is 5.69 Å². The van der Waals surface area contributed by atoms with Gasteiger partial charge in [0.2, 0.25) is 6.79 Å². The maximum absolute atomic E-state index is 10.2. The van der Waals surface area contributed by atoms with Gasteiger partial charge in [0, 0.05) is 31.4 Å². The zero-order chi connectivity index (χ0) is 17.4. The van der Waals surface area contributed by atoms with E-state index in [0.717, 1.165) is 24.5 Å². The minimum absolute atomic E-state index is 0.243. The molecule has 1 aromatic carbocycles. The van der Waals surface area contributed by atoms with Gasteiger partial charge in [0.05, 0.1) is 11.7 Å². The Morgan fingerprint density at radius 3 is 2.80 bits per heavy atom. The molecule has 134 valence electrons. The molecule has 7 heteroatoms. The fourth-order valence-corrected chi connectivity index (χ4v) is 3.37. The number of fused-ring (bicyclic) bond motifs is 1. The number of aryl methyl sites for hydroxylation is 2. The summed E-state index contributed by atoms with van der Waals surface area (Å²) in [5.74, 6) is 2.08. The summed E-state index contributed by atoms with van der Waals surface area (Å²) < 4.78 is 18.3. The first-order valence-corrected chi connectivity index (χ1v) is 8.54. The first-order valence-electron chi connectivity index (χ1n) is 8.54. The Bertz CT molecular complexity index is 755. The van der Waals surface area contributed by atoms with Gasteiger partial charge in [-0.25, -0.2) is 0 Å². The molecule has 1 fully saturated rings. The molecule has 3 heterocycles. The molecule has 0 saturated carbocycles. The lowest BCUT2D eigenvalue weighted by molar-refractivity contribution is 0.0199. The maximum atomic E-state index is 10.2. The number of aliphatic hydroxyl groups is 1. The van der Waals surface area contributed by atoms with Crippen molar-refractivity contribution in [3.8, 4) is 17.2 Å². The van der Waals surface area contributed by atoms with Crippen LogP contribution in [-0.2, 0) is 0 Å². The number of rotatable bonds is 6. The molecular weight excluding hydrogens is 322 g/mol. The highest BCUT2D eigenvalue weighted by atomic mass is 16.7. The lowest BCUT2D eigenvalue weighted by Crippen LogP contribution is -2.51. The van der Waals surface area contributed by atoms with Crippen molar-refractivity contribution in [1.82, 2.24) is 14.7 Å². The molecule has 0 radical (unpaired) electrons. The molecule has 4 rings (SSSR count). The van der Waals surface area contributed by atoms with E-state index < -0.39 is 6.10 Å². The molecule has 25 heavy (non-hydrogen) atoms. The lowest BCUT2D eigenvalue weighted by Gasteiger charge is -2.40. The summed E-state index contributed by atoms with van der Waals surface area (Å²) in [6.45, 7) is 6.99. The van der Waals surface area contributed by atoms with Gasteiger partial charge in [0.15, 0.2) is 11.5 Å². The predicted molar refractivity (Wildman–Crippen MR) is 91.2 cm³/mol. The van der Waals surface area contributed by atoms with Crippen LogP contribution >= 0.6 is 0 Å². The van der Waals surface area contributed by atoms with Crippen molar-refractivity contribution >= 4 is 0 Å². The van der Waals surface area contributed by atoms with Gasteiger partial charge in [-0.3, -0.25) is 9.58 Å². The summed E-state index contributed by atoms with van der Waals surface area (Å²) in [5.41, 5.74) is 2.24. The van der Waals surface area contributed by atoms with Crippen LogP contribution in [-0.4, -0.2) is 58.9 Å². The number of aliphatic hydroxyl groups excluding tert-OH is 1. The van der Waals surface area contributed by atoms with Crippen molar-refractivity contribution in [3.05, 3.63) is 35.7 Å². The van der Waals surface area contributed by atoms with Crippen molar-refractivity contribution in [2.24, 2.45) is 0 Å². The van der Waals surface area contributed by atoms with Crippen LogP contribution in [0.4, 0.5) is 0 Å². The Labute approximate surface area is 146 Å². The van der Waals surface area contributed by atoms with Gasteiger partial charge in [-0.2, -0.15) is 5.10 Å². The molecule has 1 saturated heterocycles. The largest absolute Gasteiger partial charge is 0.491 e. The molecule has 2 aliphatic heterocycles. The molecule has 2 aromatic rings. The summed E-state index contributed by atoms with van der Waals surface area (Å²) >= 11 is 0. The summed E-state index contributed by atoms with van der Waals surface area (Å²) in [6.07, 6.45) is -0.535. The van der Waals surface area contributed by atoms with Crippen LogP contribution < -0.4 is 14.2 Å². The topological polar surface area (TPSA) is 69.0 Å². The molecule has 1 aromatic heterocycles. The van der Waals surface area contributed by atoms with E-state index >= 15 is 0 Å². The van der Waals surface area contributed by atoms with Crippen molar-refractivity contribution in [1.29, 1.82) is 0 Å². The molecule has 7 nitrogen and oxygen atoms in total. The summed E-state index contributed by atoms with van der Waals surface area (Å²) in [6, 6.07) is 7.92. The fourth-order valence-electron chi connectivity index (χ4n) is 3.37. The predicted octanol–water partition coefficient (Wildman–Crippen LogP) is 1.53. The van der Waals surface area contributed by atoms with Gasteiger partial charge >= 0.3 is 0 Å². The van der Waals surface area contributed by atoms with Crippen LogP contribution in [0.1, 0.15) is 17.4 Å². The minimum Gasteiger partial charge on any atom is -0.491 e. The first kappa shape index (κ1) is 16.2. The maximum Gasteiger partial charge on any atom is 0.231 e. The van der Waals surface area contributed by atoms with Crippen LogP contribution in [0.5, 0.6) is 17.2 Å². The Morgan fingerprint density at radius 1 is 1.24 bits per heavy atom. The molecule has 1 atom stereocenters. The molecule has 0 amide bonds. The normalized spacial score (nSPS) is 18.2. The zero-order valence-corrected chi connectivity index (χ0v) is 14.5. The van der Waals surface area contributed by atoms with Crippen molar-refractivity contribution in [2.75, 3.05) is 33.0 Å². The number of benzene rings is 1. The number of likely N-dealkylation sites (tertiary alicyclic amines) is 1. The van der Waals surface area contributed by atoms with E-state index in [2.05, 4.69) is 27.7 Å². The Kier molecular flexibility index (Phi) is 4.27. The molecular formula is C18H23N3O4. The summed E-state index contributed by atoms with van der Waals surface area (Å²) in [4.78, 5) is 2.22. The minimum atomic E-state index is -0.535. The van der Waals surface area contributed by atoms with E-state index in [9.17, 15) is 5.11 Å². The molecule has 1 N–H and O–H groups in total. The average Bonchev–Trinajstić information content (AvgIpc) is 3.13. The zero-order valence-electron chi connectivity index (χ0n) is 14.5. The summed E-state index contributed by atoms with van der Waals surface area (Å²) in [7, 11) is 0. The monoisotopic (exact) mass is 345 g/mol. The number of hydrogen-bond acceptors (Lipinski definition) is 6. The van der Waals surface area contributed by atoms with E-state index in [4.69, 9.17) is 14.2 Å². The number of aromatic nitrogens is 2. The smallest absolute Gasteiger partial charge is 0.231 e. The van der Waals surface area contributed by atoms with E-state index in [1.54, 1.807) is 6.07 Å². The molecule has 2 aliphatic rings. The molecule has 0 spiro atoms. The second-order valence-corrected chi connectivity index (χ2v) is 6.72. The highest BCUT2D eigenvalue weighted by molar-refractivity contribution is 5.46. The average molecular weight is 345 g/mol. The van der Waals surface area contributed by atoms with Crippen LogP contribution in [0.2, 0.25) is 0 Å². The van der Waals surface area contributed by atoms with Gasteiger partial charge in [-0.15, -0.1) is 0 Å². The third kappa shape index (κ3) is 3.43. The third-order valence-corrected chi connectivity index (χ3v) is 4.58. The van der Waals surface area contributed by atoms with Crippen LogP contribution in [0.15, 0.2) is 24.3 Å². The summed E-state index contributed by atoms with van der Waals surface area (Å²) in [5, 5.41) is 14.7. The third-order valence-electron chi connectivity index (χ3n) is 4.58. The first-order chi connectivity index (χ1) is 12.1. The SMILES string of the molecule is Cc1cc(C)n(C2CN(C[C@H](O)COc3ccc4c(c3)OCO4)C2)n1. The standard InChI is InChI=1S/C18H23N3O4/c1-12-5-13(2)21(19-12)14-7-20(8-14)9-15(22)10-23-16-3-4-17-18(6-16)25-11-24-17/h3-6,14-15,22H,7-11H2,1-2H3/t15-/m0/s1. The van der Waals surface area contributed by atoms with Crippen molar-refractivity contribution in [3.63, 3.8) is 0 Å². The lowest BCUT2D eigenvalue weighted by atomic mass is 10.1.